The summed E-state index contributed by atoms with van der Waals surface area (Å²) in [6, 6.07) is 14.5. The van der Waals surface area contributed by atoms with Crippen LogP contribution < -0.4 is 15.4 Å². The zero-order chi connectivity index (χ0) is 18.9. The zero-order valence-electron chi connectivity index (χ0n) is 15.5. The second-order valence-corrected chi connectivity index (χ2v) is 6.22. The molecule has 0 aliphatic carbocycles. The highest BCUT2D eigenvalue weighted by molar-refractivity contribution is 6.04. The molecule has 1 atom stereocenters. The molecule has 0 spiro atoms. The molecular formula is C21H26N2O3. The van der Waals surface area contributed by atoms with Gasteiger partial charge in [-0.05, 0) is 50.1 Å². The predicted octanol–water partition coefficient (Wildman–Crippen LogP) is 3.93. The van der Waals surface area contributed by atoms with Crippen molar-refractivity contribution in [3.63, 3.8) is 0 Å². The molecule has 2 N–H and O–H groups in total. The van der Waals surface area contributed by atoms with E-state index in [9.17, 15) is 9.59 Å². The van der Waals surface area contributed by atoms with Crippen LogP contribution in [-0.2, 0) is 4.79 Å². The van der Waals surface area contributed by atoms with E-state index in [-0.39, 0.29) is 11.8 Å². The fraction of sp³-hybridized carbons (Fsp3) is 0.333. The van der Waals surface area contributed by atoms with Gasteiger partial charge in [-0.2, -0.15) is 0 Å². The summed E-state index contributed by atoms with van der Waals surface area (Å²) in [6.45, 7) is 6.33. The summed E-state index contributed by atoms with van der Waals surface area (Å²) in [5.41, 5.74) is 1.98. The first-order valence-electron chi connectivity index (χ1n) is 8.92. The highest BCUT2D eigenvalue weighted by Gasteiger charge is 2.18. The lowest BCUT2D eigenvalue weighted by molar-refractivity contribution is -0.122. The molecule has 2 aromatic rings. The van der Waals surface area contributed by atoms with Crippen LogP contribution in [0.3, 0.4) is 0 Å². The maximum absolute atomic E-state index is 12.5. The monoisotopic (exact) mass is 354 g/mol. The number of hydrogen-bond acceptors (Lipinski definition) is 3. The average molecular weight is 354 g/mol. The van der Waals surface area contributed by atoms with Crippen molar-refractivity contribution < 1.29 is 14.3 Å². The van der Waals surface area contributed by atoms with Gasteiger partial charge < -0.3 is 15.4 Å². The molecule has 5 heteroatoms. The SMILES string of the molecule is CCCCNC(=O)c1ccccc1NC(=O)C(C)Oc1cccc(C)c1. The number of aryl methyl sites for hydroxylation is 1. The van der Waals surface area contributed by atoms with Crippen LogP contribution in [0.2, 0.25) is 0 Å². The molecule has 26 heavy (non-hydrogen) atoms. The van der Waals surface area contributed by atoms with Crippen molar-refractivity contribution in [2.24, 2.45) is 0 Å². The number of unbranched alkanes of at least 4 members (excludes halogenated alkanes) is 1. The molecule has 0 aliphatic rings. The van der Waals surface area contributed by atoms with E-state index in [2.05, 4.69) is 17.6 Å². The van der Waals surface area contributed by atoms with Crippen molar-refractivity contribution in [1.29, 1.82) is 0 Å². The van der Waals surface area contributed by atoms with Gasteiger partial charge >= 0.3 is 0 Å². The summed E-state index contributed by atoms with van der Waals surface area (Å²) in [5.74, 6) is 0.139. The lowest BCUT2D eigenvalue weighted by Crippen LogP contribution is -2.32. The number of benzene rings is 2. The summed E-state index contributed by atoms with van der Waals surface area (Å²) < 4.78 is 5.70. The summed E-state index contributed by atoms with van der Waals surface area (Å²) >= 11 is 0. The lowest BCUT2D eigenvalue weighted by Gasteiger charge is -2.16. The van der Waals surface area contributed by atoms with Crippen molar-refractivity contribution >= 4 is 17.5 Å². The van der Waals surface area contributed by atoms with E-state index in [1.807, 2.05) is 31.2 Å². The van der Waals surface area contributed by atoms with E-state index in [0.717, 1.165) is 18.4 Å². The van der Waals surface area contributed by atoms with Gasteiger partial charge in [0.05, 0.1) is 11.3 Å². The Balaban J connectivity index is 2.03. The normalized spacial score (nSPS) is 11.5. The third-order valence-corrected chi connectivity index (χ3v) is 3.92. The molecule has 0 radical (unpaired) electrons. The highest BCUT2D eigenvalue weighted by Crippen LogP contribution is 2.18. The topological polar surface area (TPSA) is 67.4 Å². The van der Waals surface area contributed by atoms with E-state index in [0.29, 0.717) is 23.5 Å². The smallest absolute Gasteiger partial charge is 0.265 e. The Morgan fingerprint density at radius 1 is 1.12 bits per heavy atom. The van der Waals surface area contributed by atoms with Crippen LogP contribution in [-0.4, -0.2) is 24.5 Å². The Labute approximate surface area is 154 Å². The standard InChI is InChI=1S/C21H26N2O3/c1-4-5-13-22-21(25)18-11-6-7-12-19(18)23-20(24)16(3)26-17-10-8-9-15(2)14-17/h6-12,14,16H,4-5,13H2,1-3H3,(H,22,25)(H,23,24). The molecule has 0 heterocycles. The minimum atomic E-state index is -0.687. The molecule has 0 aromatic heterocycles. The van der Waals surface area contributed by atoms with Crippen LogP contribution in [0.15, 0.2) is 48.5 Å². The van der Waals surface area contributed by atoms with Gasteiger partial charge in [0.15, 0.2) is 6.10 Å². The molecule has 1 unspecified atom stereocenters. The Morgan fingerprint density at radius 2 is 1.88 bits per heavy atom. The minimum absolute atomic E-state index is 0.193. The van der Waals surface area contributed by atoms with Gasteiger partial charge in [0, 0.05) is 6.54 Å². The van der Waals surface area contributed by atoms with Crippen LogP contribution >= 0.6 is 0 Å². The number of carbonyl (C=O) groups excluding carboxylic acids is 2. The maximum Gasteiger partial charge on any atom is 0.265 e. The number of carbonyl (C=O) groups is 2. The highest BCUT2D eigenvalue weighted by atomic mass is 16.5. The number of anilines is 1. The van der Waals surface area contributed by atoms with E-state index in [4.69, 9.17) is 4.74 Å². The van der Waals surface area contributed by atoms with Crippen molar-refractivity contribution in [1.82, 2.24) is 5.32 Å². The maximum atomic E-state index is 12.5. The number of ether oxygens (including phenoxy) is 1. The first-order valence-corrected chi connectivity index (χ1v) is 8.92. The molecule has 0 saturated heterocycles. The summed E-state index contributed by atoms with van der Waals surface area (Å²) in [4.78, 5) is 24.8. The fourth-order valence-corrected chi connectivity index (χ4v) is 2.44. The summed E-state index contributed by atoms with van der Waals surface area (Å²) in [5, 5.41) is 5.66. The second-order valence-electron chi connectivity index (χ2n) is 6.22. The molecule has 0 fully saturated rings. The van der Waals surface area contributed by atoms with Crippen LogP contribution in [0.5, 0.6) is 5.75 Å². The van der Waals surface area contributed by atoms with E-state index >= 15 is 0 Å². The molecule has 5 nitrogen and oxygen atoms in total. The van der Waals surface area contributed by atoms with Gasteiger partial charge in [0.25, 0.3) is 11.8 Å². The van der Waals surface area contributed by atoms with E-state index in [1.165, 1.54) is 0 Å². The minimum Gasteiger partial charge on any atom is -0.481 e. The summed E-state index contributed by atoms with van der Waals surface area (Å²) in [6.07, 6.45) is 1.24. The molecule has 0 bridgehead atoms. The third kappa shape index (κ3) is 5.62. The van der Waals surface area contributed by atoms with Crippen molar-refractivity contribution in [3.8, 4) is 5.75 Å². The van der Waals surface area contributed by atoms with Crippen molar-refractivity contribution in [3.05, 3.63) is 59.7 Å². The molecular weight excluding hydrogens is 328 g/mol. The number of para-hydroxylation sites is 1. The first-order chi connectivity index (χ1) is 12.5. The Morgan fingerprint density at radius 3 is 2.62 bits per heavy atom. The molecule has 2 rings (SSSR count). The molecule has 138 valence electrons. The van der Waals surface area contributed by atoms with Crippen LogP contribution in [0.25, 0.3) is 0 Å². The predicted molar refractivity (Wildman–Crippen MR) is 104 cm³/mol. The molecule has 2 amide bonds. The van der Waals surface area contributed by atoms with Gasteiger partial charge in [0.2, 0.25) is 0 Å². The third-order valence-electron chi connectivity index (χ3n) is 3.92. The van der Waals surface area contributed by atoms with Crippen LogP contribution in [0.4, 0.5) is 5.69 Å². The average Bonchev–Trinajstić information content (AvgIpc) is 2.62. The summed E-state index contributed by atoms with van der Waals surface area (Å²) in [7, 11) is 0. The van der Waals surface area contributed by atoms with Crippen molar-refractivity contribution in [2.45, 2.75) is 39.7 Å². The molecule has 0 aliphatic heterocycles. The van der Waals surface area contributed by atoms with Crippen LogP contribution in [0, 0.1) is 6.92 Å². The largest absolute Gasteiger partial charge is 0.481 e. The number of nitrogens with one attached hydrogen (secondary N) is 2. The van der Waals surface area contributed by atoms with Gasteiger partial charge in [-0.25, -0.2) is 0 Å². The van der Waals surface area contributed by atoms with Gasteiger partial charge in [0.1, 0.15) is 5.75 Å². The van der Waals surface area contributed by atoms with Gasteiger partial charge in [-0.15, -0.1) is 0 Å². The lowest BCUT2D eigenvalue weighted by atomic mass is 10.1. The number of rotatable bonds is 8. The zero-order valence-corrected chi connectivity index (χ0v) is 15.5. The van der Waals surface area contributed by atoms with E-state index < -0.39 is 6.10 Å². The Bertz CT molecular complexity index is 758. The Kier molecular flexibility index (Phi) is 7.21. The van der Waals surface area contributed by atoms with Gasteiger partial charge in [-0.1, -0.05) is 37.6 Å². The number of amides is 2. The van der Waals surface area contributed by atoms with E-state index in [1.54, 1.807) is 31.2 Å². The molecule has 2 aromatic carbocycles. The molecule has 0 saturated carbocycles. The number of hydrogen-bond donors (Lipinski definition) is 2. The van der Waals surface area contributed by atoms with Crippen molar-refractivity contribution in [2.75, 3.05) is 11.9 Å². The fourth-order valence-electron chi connectivity index (χ4n) is 2.44. The first kappa shape index (κ1) is 19.5. The van der Waals surface area contributed by atoms with Gasteiger partial charge in [-0.3, -0.25) is 9.59 Å². The van der Waals surface area contributed by atoms with Crippen LogP contribution in [0.1, 0.15) is 42.6 Å². The Hall–Kier alpha value is -2.82. The second kappa shape index (κ2) is 9.61. The quantitative estimate of drug-likeness (QED) is 0.706.